The molecule has 0 bridgehead atoms. The standard InChI is InChI=1S/C11H12N4S/c1-8-2-5-14-15(8)7-9-3-4-13-10(6-9)11(12)16/h2-6H,7H2,1H3,(H2,12,16). The Hall–Kier alpha value is -1.75. The van der Waals surface area contributed by atoms with Crippen molar-refractivity contribution in [1.82, 2.24) is 14.8 Å². The van der Waals surface area contributed by atoms with Crippen LogP contribution in [0, 0.1) is 6.92 Å². The summed E-state index contributed by atoms with van der Waals surface area (Å²) in [5, 5.41) is 4.22. The van der Waals surface area contributed by atoms with Gasteiger partial charge in [0.2, 0.25) is 0 Å². The van der Waals surface area contributed by atoms with Crippen molar-refractivity contribution in [2.24, 2.45) is 5.73 Å². The molecule has 0 spiro atoms. The first kappa shape index (κ1) is 10.8. The minimum Gasteiger partial charge on any atom is -0.388 e. The average Bonchev–Trinajstić information content (AvgIpc) is 2.65. The summed E-state index contributed by atoms with van der Waals surface area (Å²) >= 11 is 4.89. The summed E-state index contributed by atoms with van der Waals surface area (Å²) < 4.78 is 1.92. The van der Waals surface area contributed by atoms with E-state index in [2.05, 4.69) is 10.1 Å². The van der Waals surface area contributed by atoms with Gasteiger partial charge in [-0.05, 0) is 30.7 Å². The average molecular weight is 232 g/mol. The number of aryl methyl sites for hydroxylation is 1. The first-order valence-corrected chi connectivity index (χ1v) is 5.31. The van der Waals surface area contributed by atoms with Crippen LogP contribution in [0.2, 0.25) is 0 Å². The number of rotatable bonds is 3. The SMILES string of the molecule is Cc1ccnn1Cc1ccnc(C(N)=S)c1. The van der Waals surface area contributed by atoms with E-state index < -0.39 is 0 Å². The number of hydrogen-bond donors (Lipinski definition) is 1. The minimum atomic E-state index is 0.319. The van der Waals surface area contributed by atoms with Crippen LogP contribution >= 0.6 is 12.2 Å². The number of nitrogens with zero attached hydrogens (tertiary/aromatic N) is 3. The molecule has 82 valence electrons. The summed E-state index contributed by atoms with van der Waals surface area (Å²) in [6, 6.07) is 5.79. The molecule has 0 aliphatic rings. The summed E-state index contributed by atoms with van der Waals surface area (Å²) in [6.07, 6.45) is 3.49. The number of thiocarbonyl (C=S) groups is 1. The summed E-state index contributed by atoms with van der Waals surface area (Å²) in [5.41, 5.74) is 8.39. The predicted octanol–water partition coefficient (Wildman–Crippen LogP) is 1.27. The van der Waals surface area contributed by atoms with E-state index in [4.69, 9.17) is 18.0 Å². The van der Waals surface area contributed by atoms with Gasteiger partial charge in [-0.1, -0.05) is 12.2 Å². The van der Waals surface area contributed by atoms with E-state index in [9.17, 15) is 0 Å². The summed E-state index contributed by atoms with van der Waals surface area (Å²) in [5.74, 6) is 0. The van der Waals surface area contributed by atoms with Gasteiger partial charge in [-0.15, -0.1) is 0 Å². The van der Waals surface area contributed by atoms with Crippen LogP contribution in [-0.2, 0) is 6.54 Å². The van der Waals surface area contributed by atoms with Gasteiger partial charge < -0.3 is 5.73 Å². The maximum atomic E-state index is 5.53. The third-order valence-corrected chi connectivity index (χ3v) is 2.55. The van der Waals surface area contributed by atoms with E-state index in [1.807, 2.05) is 29.8 Å². The lowest BCUT2D eigenvalue weighted by atomic mass is 10.2. The second kappa shape index (κ2) is 4.40. The molecule has 2 aromatic rings. The van der Waals surface area contributed by atoms with Crippen molar-refractivity contribution in [3.63, 3.8) is 0 Å². The van der Waals surface area contributed by atoms with E-state index in [1.165, 1.54) is 0 Å². The molecule has 0 saturated carbocycles. The number of hydrogen-bond acceptors (Lipinski definition) is 3. The molecular formula is C11H12N4S. The van der Waals surface area contributed by atoms with Gasteiger partial charge in [0.1, 0.15) is 4.99 Å². The van der Waals surface area contributed by atoms with E-state index in [-0.39, 0.29) is 0 Å². The zero-order valence-electron chi connectivity index (χ0n) is 8.92. The van der Waals surface area contributed by atoms with Crippen molar-refractivity contribution >= 4 is 17.2 Å². The van der Waals surface area contributed by atoms with Crippen LogP contribution in [-0.4, -0.2) is 19.8 Å². The Balaban J connectivity index is 2.25. The van der Waals surface area contributed by atoms with Crippen LogP contribution in [0.15, 0.2) is 30.6 Å². The smallest absolute Gasteiger partial charge is 0.122 e. The fourth-order valence-corrected chi connectivity index (χ4v) is 1.56. The lowest BCUT2D eigenvalue weighted by Crippen LogP contribution is -2.12. The molecule has 2 rings (SSSR count). The van der Waals surface area contributed by atoms with E-state index in [1.54, 1.807) is 12.4 Å². The Morgan fingerprint density at radius 3 is 2.88 bits per heavy atom. The third kappa shape index (κ3) is 2.25. The molecule has 4 nitrogen and oxygen atoms in total. The van der Waals surface area contributed by atoms with Gasteiger partial charge in [0, 0.05) is 18.1 Å². The lowest BCUT2D eigenvalue weighted by Gasteiger charge is -2.05. The van der Waals surface area contributed by atoms with Gasteiger partial charge in [0.05, 0.1) is 12.2 Å². The van der Waals surface area contributed by atoms with Gasteiger partial charge in [-0.25, -0.2) is 0 Å². The van der Waals surface area contributed by atoms with E-state index >= 15 is 0 Å². The maximum Gasteiger partial charge on any atom is 0.122 e. The molecule has 5 heteroatoms. The zero-order chi connectivity index (χ0) is 11.5. The monoisotopic (exact) mass is 232 g/mol. The van der Waals surface area contributed by atoms with Crippen molar-refractivity contribution < 1.29 is 0 Å². The molecule has 16 heavy (non-hydrogen) atoms. The van der Waals surface area contributed by atoms with Crippen LogP contribution < -0.4 is 5.73 Å². The van der Waals surface area contributed by atoms with Crippen LogP contribution in [0.5, 0.6) is 0 Å². The minimum absolute atomic E-state index is 0.319. The van der Waals surface area contributed by atoms with Gasteiger partial charge in [-0.2, -0.15) is 5.10 Å². The highest BCUT2D eigenvalue weighted by Gasteiger charge is 2.02. The highest BCUT2D eigenvalue weighted by molar-refractivity contribution is 7.80. The largest absolute Gasteiger partial charge is 0.388 e. The van der Waals surface area contributed by atoms with Crippen molar-refractivity contribution in [2.45, 2.75) is 13.5 Å². The summed E-state index contributed by atoms with van der Waals surface area (Å²) in [4.78, 5) is 4.41. The molecule has 0 radical (unpaired) electrons. The summed E-state index contributed by atoms with van der Waals surface area (Å²) in [6.45, 7) is 2.72. The third-order valence-electron chi connectivity index (χ3n) is 2.34. The molecule has 0 aliphatic carbocycles. The molecule has 2 N–H and O–H groups in total. The number of pyridine rings is 1. The van der Waals surface area contributed by atoms with Gasteiger partial charge in [0.25, 0.3) is 0 Å². The van der Waals surface area contributed by atoms with Crippen molar-refractivity contribution in [3.05, 3.63) is 47.5 Å². The van der Waals surface area contributed by atoms with Crippen LogP contribution in [0.25, 0.3) is 0 Å². The van der Waals surface area contributed by atoms with Gasteiger partial charge in [0.15, 0.2) is 0 Å². The Bertz CT molecular complexity index is 518. The molecule has 2 heterocycles. The molecule has 0 atom stereocenters. The fourth-order valence-electron chi connectivity index (χ4n) is 1.44. The maximum absolute atomic E-state index is 5.53. The van der Waals surface area contributed by atoms with Crippen molar-refractivity contribution in [2.75, 3.05) is 0 Å². The highest BCUT2D eigenvalue weighted by atomic mass is 32.1. The Kier molecular flexibility index (Phi) is 2.96. The lowest BCUT2D eigenvalue weighted by molar-refractivity contribution is 0.664. The zero-order valence-corrected chi connectivity index (χ0v) is 9.74. The second-order valence-corrected chi connectivity index (χ2v) is 3.98. The van der Waals surface area contributed by atoms with Gasteiger partial charge in [-0.3, -0.25) is 9.67 Å². The number of nitrogens with two attached hydrogens (primary N) is 1. The molecule has 0 aliphatic heterocycles. The van der Waals surface area contributed by atoms with Crippen molar-refractivity contribution in [3.8, 4) is 0 Å². The Morgan fingerprint density at radius 2 is 2.25 bits per heavy atom. The van der Waals surface area contributed by atoms with E-state index in [0.717, 1.165) is 11.3 Å². The molecule has 0 fully saturated rings. The first-order chi connectivity index (χ1) is 7.66. The van der Waals surface area contributed by atoms with E-state index in [0.29, 0.717) is 17.2 Å². The molecule has 0 unspecified atom stereocenters. The van der Waals surface area contributed by atoms with Crippen LogP contribution in [0.4, 0.5) is 0 Å². The molecule has 0 aromatic carbocycles. The quantitative estimate of drug-likeness (QED) is 0.810. The van der Waals surface area contributed by atoms with Crippen LogP contribution in [0.1, 0.15) is 17.0 Å². The van der Waals surface area contributed by atoms with Gasteiger partial charge >= 0.3 is 0 Å². The Morgan fingerprint density at radius 1 is 1.44 bits per heavy atom. The fraction of sp³-hybridized carbons (Fsp3) is 0.182. The normalized spacial score (nSPS) is 10.3. The highest BCUT2D eigenvalue weighted by Crippen LogP contribution is 2.06. The molecule has 2 aromatic heterocycles. The molecule has 0 amide bonds. The van der Waals surface area contributed by atoms with Crippen molar-refractivity contribution in [1.29, 1.82) is 0 Å². The number of aromatic nitrogens is 3. The first-order valence-electron chi connectivity index (χ1n) is 4.90. The summed E-state index contributed by atoms with van der Waals surface area (Å²) in [7, 11) is 0. The van der Waals surface area contributed by atoms with Crippen LogP contribution in [0.3, 0.4) is 0 Å². The molecule has 0 saturated heterocycles. The predicted molar refractivity (Wildman–Crippen MR) is 66.2 cm³/mol. The second-order valence-electron chi connectivity index (χ2n) is 3.54. The molecular weight excluding hydrogens is 220 g/mol. The Labute approximate surface area is 99.1 Å². The topological polar surface area (TPSA) is 56.7 Å².